The molecule has 0 aromatic carbocycles. The average molecular weight is 210 g/mol. The molecular formula is C13H26N2. The minimum Gasteiger partial charge on any atom is -0.316 e. The predicted molar refractivity (Wildman–Crippen MR) is 68.7 cm³/mol. The van der Waals surface area contributed by atoms with Crippen LogP contribution in [0.5, 0.6) is 0 Å². The number of hydrogen-bond acceptors (Lipinski definition) is 2. The van der Waals surface area contributed by atoms with Crippen molar-refractivity contribution in [3.05, 3.63) is 11.1 Å². The molecule has 0 rings (SSSR count). The number of nitrogens with one attached hydrogen (secondary N) is 2. The predicted octanol–water partition coefficient (Wildman–Crippen LogP) is 3.39. The molecule has 2 heteroatoms. The van der Waals surface area contributed by atoms with Crippen LogP contribution in [0.15, 0.2) is 11.1 Å². The minimum atomic E-state index is 0.538. The molecule has 0 unspecified atom stereocenters. The Balaban J connectivity index is 4.49. The first-order chi connectivity index (χ1) is 7.17. The van der Waals surface area contributed by atoms with E-state index in [0.29, 0.717) is 5.92 Å². The first kappa shape index (κ1) is 14.4. The van der Waals surface area contributed by atoms with Gasteiger partial charge in [0.15, 0.2) is 0 Å². The van der Waals surface area contributed by atoms with Gasteiger partial charge in [0.2, 0.25) is 0 Å². The highest BCUT2D eigenvalue weighted by atomic mass is 14.8. The zero-order valence-corrected chi connectivity index (χ0v) is 10.7. The Labute approximate surface area is 94.7 Å². The molecule has 0 aromatic heterocycles. The van der Waals surface area contributed by atoms with Gasteiger partial charge >= 0.3 is 0 Å². The van der Waals surface area contributed by atoms with Crippen LogP contribution in [0, 0.1) is 11.3 Å². The van der Waals surface area contributed by atoms with Gasteiger partial charge in [-0.15, -0.1) is 0 Å². The number of unbranched alkanes of at least 4 members (excludes halogenated alkanes) is 2. The number of allylic oxidation sites excluding steroid dienone is 1. The third kappa shape index (κ3) is 5.73. The van der Waals surface area contributed by atoms with Crippen molar-refractivity contribution in [2.24, 2.45) is 5.92 Å². The highest BCUT2D eigenvalue weighted by Crippen LogP contribution is 2.18. The van der Waals surface area contributed by atoms with Gasteiger partial charge in [0.05, 0.1) is 0 Å². The van der Waals surface area contributed by atoms with E-state index < -0.39 is 0 Å². The largest absolute Gasteiger partial charge is 0.316 e. The molecule has 0 aliphatic carbocycles. The van der Waals surface area contributed by atoms with Crippen molar-refractivity contribution in [1.82, 2.24) is 5.32 Å². The lowest BCUT2D eigenvalue weighted by atomic mass is 9.94. The van der Waals surface area contributed by atoms with Crippen molar-refractivity contribution in [3.8, 4) is 0 Å². The Morgan fingerprint density at radius 3 is 2.40 bits per heavy atom. The maximum atomic E-state index is 7.49. The van der Waals surface area contributed by atoms with E-state index in [0.717, 1.165) is 13.0 Å². The summed E-state index contributed by atoms with van der Waals surface area (Å²) in [5, 5.41) is 10.7. The highest BCUT2D eigenvalue weighted by Gasteiger charge is 2.08. The van der Waals surface area contributed by atoms with Gasteiger partial charge in [0, 0.05) is 12.8 Å². The Hall–Kier alpha value is -0.630. The third-order valence-corrected chi connectivity index (χ3v) is 2.70. The molecule has 15 heavy (non-hydrogen) atoms. The topological polar surface area (TPSA) is 35.9 Å². The zero-order valence-electron chi connectivity index (χ0n) is 10.7. The normalized spacial score (nSPS) is 12.9. The monoisotopic (exact) mass is 210 g/mol. The molecule has 88 valence electrons. The van der Waals surface area contributed by atoms with Crippen LogP contribution in [0.3, 0.4) is 0 Å². The lowest BCUT2D eigenvalue weighted by Crippen LogP contribution is -2.16. The molecule has 0 saturated carbocycles. The molecule has 0 amide bonds. The summed E-state index contributed by atoms with van der Waals surface area (Å²) in [5.74, 6) is 0.538. The second-order valence-corrected chi connectivity index (χ2v) is 4.34. The van der Waals surface area contributed by atoms with Crippen LogP contribution in [0.4, 0.5) is 0 Å². The Morgan fingerprint density at radius 2 is 2.00 bits per heavy atom. The van der Waals surface area contributed by atoms with Gasteiger partial charge in [-0.2, -0.15) is 0 Å². The molecule has 0 aliphatic rings. The summed E-state index contributed by atoms with van der Waals surface area (Å²) in [4.78, 5) is 0. The van der Waals surface area contributed by atoms with Crippen molar-refractivity contribution in [1.29, 1.82) is 5.41 Å². The van der Waals surface area contributed by atoms with E-state index in [2.05, 4.69) is 26.1 Å². The fourth-order valence-electron chi connectivity index (χ4n) is 1.77. The maximum absolute atomic E-state index is 7.49. The van der Waals surface area contributed by atoms with Gasteiger partial charge < -0.3 is 10.7 Å². The van der Waals surface area contributed by atoms with Crippen molar-refractivity contribution < 1.29 is 0 Å². The van der Waals surface area contributed by atoms with Gasteiger partial charge in [-0.05, 0) is 37.0 Å². The van der Waals surface area contributed by atoms with E-state index in [1.165, 1.54) is 30.4 Å². The molecule has 0 radical (unpaired) electrons. The molecule has 2 N–H and O–H groups in total. The fourth-order valence-corrected chi connectivity index (χ4v) is 1.77. The van der Waals surface area contributed by atoms with Crippen molar-refractivity contribution in [2.45, 2.75) is 46.5 Å². The smallest absolute Gasteiger partial charge is 0.0209 e. The Bertz CT molecular complexity index is 205. The molecule has 0 heterocycles. The molecular weight excluding hydrogens is 184 g/mol. The third-order valence-electron chi connectivity index (χ3n) is 2.70. The van der Waals surface area contributed by atoms with E-state index in [9.17, 15) is 0 Å². The van der Waals surface area contributed by atoms with Crippen molar-refractivity contribution in [2.75, 3.05) is 13.6 Å². The van der Waals surface area contributed by atoms with Crippen LogP contribution in [-0.2, 0) is 0 Å². The first-order valence-electron chi connectivity index (χ1n) is 6.04. The van der Waals surface area contributed by atoms with Crippen LogP contribution < -0.4 is 5.32 Å². The molecule has 0 aromatic rings. The number of likely N-dealkylation sites (N-methyl/N-ethyl adjacent to an activating group) is 1. The van der Waals surface area contributed by atoms with E-state index in [-0.39, 0.29) is 0 Å². The van der Waals surface area contributed by atoms with Gasteiger partial charge in [-0.25, -0.2) is 0 Å². The summed E-state index contributed by atoms with van der Waals surface area (Å²) in [6.07, 6.45) is 6.33. The summed E-state index contributed by atoms with van der Waals surface area (Å²) < 4.78 is 0. The molecule has 2 nitrogen and oxygen atoms in total. The second-order valence-electron chi connectivity index (χ2n) is 4.34. The molecule has 0 saturated heterocycles. The van der Waals surface area contributed by atoms with E-state index in [4.69, 9.17) is 5.41 Å². The van der Waals surface area contributed by atoms with E-state index in [1.807, 2.05) is 7.05 Å². The van der Waals surface area contributed by atoms with Gasteiger partial charge in [-0.3, -0.25) is 0 Å². The van der Waals surface area contributed by atoms with Crippen LogP contribution in [0.1, 0.15) is 46.5 Å². The highest BCUT2D eigenvalue weighted by molar-refractivity contribution is 5.77. The lowest BCUT2D eigenvalue weighted by Gasteiger charge is -2.15. The van der Waals surface area contributed by atoms with Gasteiger partial charge in [-0.1, -0.05) is 33.6 Å². The van der Waals surface area contributed by atoms with Crippen LogP contribution >= 0.6 is 0 Å². The zero-order chi connectivity index (χ0) is 11.7. The number of hydrogen-bond donors (Lipinski definition) is 2. The molecule has 0 fully saturated rings. The molecule has 0 aliphatic heterocycles. The lowest BCUT2D eigenvalue weighted by molar-refractivity contribution is 0.673. The minimum absolute atomic E-state index is 0.538. The maximum Gasteiger partial charge on any atom is 0.0209 e. The summed E-state index contributed by atoms with van der Waals surface area (Å²) in [7, 11) is 1.97. The quantitative estimate of drug-likeness (QED) is 0.467. The van der Waals surface area contributed by atoms with Crippen molar-refractivity contribution >= 4 is 6.21 Å². The van der Waals surface area contributed by atoms with Crippen molar-refractivity contribution in [3.63, 3.8) is 0 Å². The second kappa shape index (κ2) is 8.66. The Morgan fingerprint density at radius 1 is 1.33 bits per heavy atom. The summed E-state index contributed by atoms with van der Waals surface area (Å²) in [5.41, 5.74) is 2.62. The van der Waals surface area contributed by atoms with Crippen LogP contribution in [0.2, 0.25) is 0 Å². The average Bonchev–Trinajstić information content (AvgIpc) is 2.22. The van der Waals surface area contributed by atoms with E-state index >= 15 is 0 Å². The number of rotatable bonds is 8. The fraction of sp³-hybridized carbons (Fsp3) is 0.769. The van der Waals surface area contributed by atoms with Gasteiger partial charge in [0.25, 0.3) is 0 Å². The SMILES string of the molecule is CCCCC/C(C=N)=C(/CNC)C(C)C. The summed E-state index contributed by atoms with van der Waals surface area (Å²) in [6, 6.07) is 0. The first-order valence-corrected chi connectivity index (χ1v) is 6.04. The Kier molecular flexibility index (Phi) is 8.30. The molecule has 0 spiro atoms. The molecule has 0 atom stereocenters. The van der Waals surface area contributed by atoms with Crippen LogP contribution in [0.25, 0.3) is 0 Å². The molecule has 0 bridgehead atoms. The summed E-state index contributed by atoms with van der Waals surface area (Å²) in [6.45, 7) is 7.53. The van der Waals surface area contributed by atoms with E-state index in [1.54, 1.807) is 6.21 Å². The van der Waals surface area contributed by atoms with Crippen LogP contribution in [-0.4, -0.2) is 19.8 Å². The van der Waals surface area contributed by atoms with Gasteiger partial charge in [0.1, 0.15) is 0 Å². The summed E-state index contributed by atoms with van der Waals surface area (Å²) >= 11 is 0. The standard InChI is InChI=1S/C13H26N2/c1-5-6-7-8-12(9-14)13(10-15-4)11(2)3/h9,11,14-15H,5-8,10H2,1-4H3/b13-12+,14-9?.